The molecule has 0 spiro atoms. The number of hydrogen-bond donors (Lipinski definition) is 0. The van der Waals surface area contributed by atoms with Gasteiger partial charge in [-0.15, -0.1) is 0 Å². The first-order valence-electron chi connectivity index (χ1n) is 11.4. The molecule has 0 bridgehead atoms. The van der Waals surface area contributed by atoms with E-state index in [0.29, 0.717) is 12.5 Å². The zero-order valence-corrected chi connectivity index (χ0v) is 20.1. The van der Waals surface area contributed by atoms with Gasteiger partial charge in [-0.25, -0.2) is 4.79 Å². The molecule has 2 aliphatic rings. The monoisotopic (exact) mass is 451 g/mol. The normalized spacial score (nSPS) is 21.5. The molecule has 1 heterocycles. The molecule has 7 heteroatoms. The van der Waals surface area contributed by atoms with Crippen LogP contribution in [-0.4, -0.2) is 78.5 Å². The molecule has 0 radical (unpaired) electrons. The average molecular weight is 452 g/mol. The fraction of sp³-hybridized carbons (Fsp3) is 0.500. The van der Waals surface area contributed by atoms with Crippen LogP contribution in [0.5, 0.6) is 0 Å². The Morgan fingerprint density at radius 3 is 2.42 bits per heavy atom. The summed E-state index contributed by atoms with van der Waals surface area (Å²) in [6.07, 6.45) is 0.539. The lowest BCUT2D eigenvalue weighted by atomic mass is 9.93. The smallest absolute Gasteiger partial charge is 0.410 e. The molecular formula is C26H33N3O4. The highest BCUT2D eigenvalue weighted by atomic mass is 16.6. The molecule has 0 aromatic heterocycles. The molecule has 2 aromatic rings. The maximum atomic E-state index is 12.9. The van der Waals surface area contributed by atoms with Crippen molar-refractivity contribution in [2.45, 2.75) is 38.2 Å². The van der Waals surface area contributed by atoms with E-state index in [1.807, 2.05) is 17.0 Å². The van der Waals surface area contributed by atoms with Gasteiger partial charge in [-0.05, 0) is 49.4 Å². The number of ether oxygens (including phenoxy) is 1. The van der Waals surface area contributed by atoms with E-state index in [1.165, 1.54) is 33.2 Å². The number of likely N-dealkylation sites (N-methyl/N-ethyl adjacent to an activating group) is 2. The van der Waals surface area contributed by atoms with Crippen LogP contribution in [0.2, 0.25) is 0 Å². The number of carbonyl (C=O) groups excluding carboxylic acids is 3. The highest BCUT2D eigenvalue weighted by Gasteiger charge is 2.61. The first kappa shape index (κ1) is 23.1. The zero-order valence-electron chi connectivity index (χ0n) is 20.1. The van der Waals surface area contributed by atoms with Crippen molar-refractivity contribution in [1.29, 1.82) is 0 Å². The van der Waals surface area contributed by atoms with Crippen molar-refractivity contribution >= 4 is 28.7 Å². The molecule has 2 aromatic carbocycles. The highest BCUT2D eigenvalue weighted by molar-refractivity contribution is 5.88. The molecule has 0 N–H and O–H groups in total. The Balaban J connectivity index is 1.33. The van der Waals surface area contributed by atoms with Crippen molar-refractivity contribution in [3.8, 4) is 0 Å². The van der Waals surface area contributed by atoms with E-state index in [9.17, 15) is 14.4 Å². The number of carbonyl (C=O) groups is 3. The van der Waals surface area contributed by atoms with E-state index in [0.717, 1.165) is 13.0 Å². The summed E-state index contributed by atoms with van der Waals surface area (Å²) < 4.78 is 5.28. The minimum atomic E-state index is -0.631. The van der Waals surface area contributed by atoms with Gasteiger partial charge in [-0.2, -0.15) is 0 Å². The van der Waals surface area contributed by atoms with Crippen molar-refractivity contribution in [2.24, 2.45) is 5.92 Å². The van der Waals surface area contributed by atoms with Crippen LogP contribution < -0.4 is 0 Å². The third kappa shape index (κ3) is 4.82. The van der Waals surface area contributed by atoms with Gasteiger partial charge >= 0.3 is 6.09 Å². The van der Waals surface area contributed by atoms with Gasteiger partial charge in [0.05, 0.1) is 6.54 Å². The summed E-state index contributed by atoms with van der Waals surface area (Å²) in [6.45, 7) is 6.61. The van der Waals surface area contributed by atoms with Crippen LogP contribution in [0, 0.1) is 5.92 Å². The second kappa shape index (κ2) is 8.36. The molecule has 1 saturated carbocycles. The molecule has 7 nitrogen and oxygen atoms in total. The van der Waals surface area contributed by atoms with Crippen LogP contribution in [0.4, 0.5) is 4.79 Å². The lowest BCUT2D eigenvalue weighted by molar-refractivity contribution is -0.139. The third-order valence-corrected chi connectivity index (χ3v) is 6.70. The van der Waals surface area contributed by atoms with Crippen LogP contribution >= 0.6 is 0 Å². The molecular weight excluding hydrogens is 418 g/mol. The van der Waals surface area contributed by atoms with Crippen LogP contribution in [0.3, 0.4) is 0 Å². The fourth-order valence-electron chi connectivity index (χ4n) is 4.74. The summed E-state index contributed by atoms with van der Waals surface area (Å²) in [5.41, 5.74) is 0.706. The number of rotatable bonds is 5. The standard InChI is InChI=1S/C26H33N3O4/c1-25(2,3)33-24(32)28(5)15-22(30)27(4)16-23(31)29-14-21-13-26(21,17-29)20-11-10-18-8-6-7-9-19(18)12-20/h6-12,21H,13-17H2,1-5H3/t21-,26+/m1/s1. The number of nitrogens with zero attached hydrogens (tertiary/aromatic N) is 3. The van der Waals surface area contributed by atoms with Gasteiger partial charge in [0, 0.05) is 32.6 Å². The van der Waals surface area contributed by atoms with Crippen molar-refractivity contribution in [1.82, 2.24) is 14.7 Å². The molecule has 4 rings (SSSR count). The summed E-state index contributed by atoms with van der Waals surface area (Å²) >= 11 is 0. The molecule has 1 aliphatic carbocycles. The van der Waals surface area contributed by atoms with E-state index in [2.05, 4.69) is 30.3 Å². The van der Waals surface area contributed by atoms with E-state index in [-0.39, 0.29) is 30.3 Å². The first-order valence-corrected chi connectivity index (χ1v) is 11.4. The summed E-state index contributed by atoms with van der Waals surface area (Å²) in [4.78, 5) is 42.1. The lowest BCUT2D eigenvalue weighted by Gasteiger charge is -2.27. The summed E-state index contributed by atoms with van der Waals surface area (Å²) in [5, 5.41) is 2.44. The Hall–Kier alpha value is -3.09. The molecule has 0 unspecified atom stereocenters. The van der Waals surface area contributed by atoms with Gasteiger partial charge in [0.25, 0.3) is 0 Å². The Labute approximate surface area is 195 Å². The molecule has 1 aliphatic heterocycles. The summed E-state index contributed by atoms with van der Waals surface area (Å²) in [5.74, 6) is 0.116. The Morgan fingerprint density at radius 1 is 1.03 bits per heavy atom. The van der Waals surface area contributed by atoms with Crippen molar-refractivity contribution in [3.63, 3.8) is 0 Å². The van der Waals surface area contributed by atoms with Crippen molar-refractivity contribution in [3.05, 3.63) is 48.0 Å². The van der Waals surface area contributed by atoms with Crippen LogP contribution in [0.15, 0.2) is 42.5 Å². The van der Waals surface area contributed by atoms with Crippen LogP contribution in [-0.2, 0) is 19.7 Å². The average Bonchev–Trinajstić information content (AvgIpc) is 3.32. The SMILES string of the molecule is CN(CC(=O)N1C[C@H]2C[C@@]2(c2ccc3ccccc3c2)C1)C(=O)CN(C)C(=O)OC(C)(C)C. The van der Waals surface area contributed by atoms with Gasteiger partial charge in [0.2, 0.25) is 11.8 Å². The largest absolute Gasteiger partial charge is 0.444 e. The Morgan fingerprint density at radius 2 is 1.73 bits per heavy atom. The Bertz CT molecular complexity index is 1090. The predicted octanol–water partition coefficient (Wildman–Crippen LogP) is 3.27. The summed E-state index contributed by atoms with van der Waals surface area (Å²) in [7, 11) is 3.11. The van der Waals surface area contributed by atoms with E-state index in [1.54, 1.807) is 27.8 Å². The molecule has 3 amide bonds. The molecule has 2 atom stereocenters. The number of hydrogen-bond acceptors (Lipinski definition) is 4. The van der Waals surface area contributed by atoms with Crippen molar-refractivity contribution < 1.29 is 19.1 Å². The molecule has 33 heavy (non-hydrogen) atoms. The topological polar surface area (TPSA) is 70.2 Å². The molecule has 1 saturated heterocycles. The van der Waals surface area contributed by atoms with E-state index >= 15 is 0 Å². The first-order chi connectivity index (χ1) is 15.5. The van der Waals surface area contributed by atoms with Crippen LogP contribution in [0.25, 0.3) is 10.8 Å². The van der Waals surface area contributed by atoms with Gasteiger partial charge in [0.1, 0.15) is 12.1 Å². The number of benzene rings is 2. The quantitative estimate of drug-likeness (QED) is 0.700. The zero-order chi connectivity index (χ0) is 24.0. The summed E-state index contributed by atoms with van der Waals surface area (Å²) in [6, 6.07) is 14.9. The number of piperidine rings is 1. The number of fused-ring (bicyclic) bond motifs is 2. The van der Waals surface area contributed by atoms with Crippen molar-refractivity contribution in [2.75, 3.05) is 40.3 Å². The minimum Gasteiger partial charge on any atom is -0.444 e. The second-order valence-corrected chi connectivity index (χ2v) is 10.5. The number of amides is 3. The van der Waals surface area contributed by atoms with Gasteiger partial charge < -0.3 is 19.4 Å². The second-order valence-electron chi connectivity index (χ2n) is 10.5. The van der Waals surface area contributed by atoms with Gasteiger partial charge in [0.15, 0.2) is 0 Å². The predicted molar refractivity (Wildman–Crippen MR) is 127 cm³/mol. The highest BCUT2D eigenvalue weighted by Crippen LogP contribution is 2.59. The third-order valence-electron chi connectivity index (χ3n) is 6.70. The molecule has 176 valence electrons. The maximum Gasteiger partial charge on any atom is 0.410 e. The minimum absolute atomic E-state index is 0.00150. The van der Waals surface area contributed by atoms with E-state index in [4.69, 9.17) is 4.74 Å². The van der Waals surface area contributed by atoms with Gasteiger partial charge in [-0.3, -0.25) is 9.59 Å². The fourth-order valence-corrected chi connectivity index (χ4v) is 4.74. The van der Waals surface area contributed by atoms with E-state index < -0.39 is 11.7 Å². The lowest BCUT2D eigenvalue weighted by Crippen LogP contribution is -2.46. The number of likely N-dealkylation sites (tertiary alicyclic amines) is 1. The Kier molecular flexibility index (Phi) is 5.85. The molecule has 2 fully saturated rings. The van der Waals surface area contributed by atoms with Crippen LogP contribution in [0.1, 0.15) is 32.8 Å². The maximum absolute atomic E-state index is 12.9. The van der Waals surface area contributed by atoms with Gasteiger partial charge in [-0.1, -0.05) is 42.5 Å².